The van der Waals surface area contributed by atoms with Crippen LogP contribution < -0.4 is 21.6 Å². The van der Waals surface area contributed by atoms with E-state index in [1.807, 2.05) is 24.7 Å². The number of hydrogen-bond donors (Lipinski definition) is 0. The lowest BCUT2D eigenvalue weighted by molar-refractivity contribution is 0.232. The van der Waals surface area contributed by atoms with Gasteiger partial charge in [0.2, 0.25) is 0 Å². The molecule has 3 unspecified atom stereocenters. The summed E-state index contributed by atoms with van der Waals surface area (Å²) in [5.74, 6) is 0.568. The maximum absolute atomic E-state index is 6.12. The number of nitrogens with zero attached hydrogens (tertiary/aromatic N) is 1. The van der Waals surface area contributed by atoms with Crippen LogP contribution in [0.25, 0.3) is 0 Å². The van der Waals surface area contributed by atoms with E-state index in [1.54, 1.807) is 0 Å². The van der Waals surface area contributed by atoms with Crippen LogP contribution in [0.3, 0.4) is 0 Å². The highest BCUT2D eigenvalue weighted by Gasteiger charge is 2.49. The summed E-state index contributed by atoms with van der Waals surface area (Å²) in [4.78, 5) is 2.39. The molecule has 0 saturated heterocycles. The summed E-state index contributed by atoms with van der Waals surface area (Å²) in [6.07, 6.45) is 6.09. The van der Waals surface area contributed by atoms with Crippen molar-refractivity contribution in [3.8, 4) is 0 Å². The van der Waals surface area contributed by atoms with E-state index >= 15 is 0 Å². The molecule has 5 heteroatoms. The molecule has 0 spiro atoms. The first-order valence-electron chi connectivity index (χ1n) is 12.1. The molecule has 1 aliphatic rings. The fourth-order valence-corrected chi connectivity index (χ4v) is 12.2. The normalized spacial score (nSPS) is 21.5. The molecule has 1 fully saturated rings. The molecule has 1 saturated carbocycles. The summed E-state index contributed by atoms with van der Waals surface area (Å²) in [6, 6.07) is 31.2. The first kappa shape index (κ1) is 23.6. The van der Waals surface area contributed by atoms with E-state index < -0.39 is 15.8 Å². The Kier molecular flexibility index (Phi) is 7.35. The largest absolute Gasteiger partial charge is 0.464 e. The summed E-state index contributed by atoms with van der Waals surface area (Å²) in [7, 11) is 3.13. The number of hydrogen-bond acceptors (Lipinski definition) is 3. The molecular formula is C29H33NO2P2. The van der Waals surface area contributed by atoms with Crippen molar-refractivity contribution in [3.05, 3.63) is 97.5 Å². The standard InChI is InChI=1S/C29H33NO2P2/c1-22(30(2)3)25-18-19-26(29(25)34(27-16-10-20-31-27)28-17-11-21-32-28)33(23-12-6-4-7-13-23)24-14-8-5-9-15-24/h4-17,20-22,25-26,29H,18-19H2,1-3H3/t22-,25?,26?,29?/m0/s1. The highest BCUT2D eigenvalue weighted by atomic mass is 31.1. The highest BCUT2D eigenvalue weighted by Crippen LogP contribution is 2.60. The van der Waals surface area contributed by atoms with E-state index in [1.165, 1.54) is 23.5 Å². The Bertz CT molecular complexity index is 1060. The average molecular weight is 490 g/mol. The van der Waals surface area contributed by atoms with Gasteiger partial charge in [-0.3, -0.25) is 0 Å². The lowest BCUT2D eigenvalue weighted by atomic mass is 9.98. The van der Waals surface area contributed by atoms with Crippen molar-refractivity contribution in [2.45, 2.75) is 37.1 Å². The van der Waals surface area contributed by atoms with Gasteiger partial charge >= 0.3 is 0 Å². The van der Waals surface area contributed by atoms with Crippen molar-refractivity contribution in [2.75, 3.05) is 14.1 Å². The van der Waals surface area contributed by atoms with Crippen molar-refractivity contribution in [1.29, 1.82) is 0 Å². The number of benzene rings is 2. The lowest BCUT2D eigenvalue weighted by Crippen LogP contribution is -2.42. The third kappa shape index (κ3) is 4.67. The first-order chi connectivity index (χ1) is 16.6. The van der Waals surface area contributed by atoms with E-state index in [-0.39, 0.29) is 0 Å². The number of furan rings is 2. The molecule has 0 N–H and O–H groups in total. The summed E-state index contributed by atoms with van der Waals surface area (Å²) >= 11 is 0. The van der Waals surface area contributed by atoms with E-state index in [4.69, 9.17) is 8.83 Å². The van der Waals surface area contributed by atoms with Crippen LogP contribution in [0.2, 0.25) is 0 Å². The molecule has 0 amide bonds. The predicted molar refractivity (Wildman–Crippen MR) is 146 cm³/mol. The minimum absolute atomic E-state index is 0.469. The third-order valence-electron chi connectivity index (χ3n) is 7.25. The van der Waals surface area contributed by atoms with Gasteiger partial charge in [-0.2, -0.15) is 0 Å². The lowest BCUT2D eigenvalue weighted by Gasteiger charge is -2.39. The van der Waals surface area contributed by atoms with Crippen LogP contribution in [-0.2, 0) is 0 Å². The van der Waals surface area contributed by atoms with Crippen LogP contribution >= 0.6 is 15.8 Å². The second-order valence-electron chi connectivity index (χ2n) is 9.32. The van der Waals surface area contributed by atoms with Gasteiger partial charge in [0.1, 0.15) is 11.0 Å². The average Bonchev–Trinajstić information content (AvgIpc) is 3.65. The molecule has 4 aromatic rings. The number of rotatable bonds is 8. The van der Waals surface area contributed by atoms with Crippen molar-refractivity contribution in [1.82, 2.24) is 4.90 Å². The van der Waals surface area contributed by atoms with Gasteiger partial charge in [0, 0.05) is 19.6 Å². The minimum atomic E-state index is -0.771. The molecular weight excluding hydrogens is 456 g/mol. The topological polar surface area (TPSA) is 29.5 Å². The van der Waals surface area contributed by atoms with Crippen LogP contribution in [0.15, 0.2) is 106 Å². The Hall–Kier alpha value is -2.18. The molecule has 0 aliphatic heterocycles. The van der Waals surface area contributed by atoms with Gasteiger partial charge in [-0.1, -0.05) is 60.7 Å². The molecule has 2 heterocycles. The molecule has 4 atom stereocenters. The Morgan fingerprint density at radius 1 is 0.706 bits per heavy atom. The van der Waals surface area contributed by atoms with Gasteiger partial charge in [0.25, 0.3) is 0 Å². The molecule has 176 valence electrons. The van der Waals surface area contributed by atoms with Crippen molar-refractivity contribution in [2.24, 2.45) is 5.92 Å². The van der Waals surface area contributed by atoms with Gasteiger partial charge in [-0.15, -0.1) is 0 Å². The Morgan fingerprint density at radius 3 is 1.68 bits per heavy atom. The fraction of sp³-hybridized carbons (Fsp3) is 0.310. The van der Waals surface area contributed by atoms with E-state index in [0.29, 0.717) is 23.3 Å². The highest BCUT2D eigenvalue weighted by molar-refractivity contribution is 7.77. The predicted octanol–water partition coefficient (Wildman–Crippen LogP) is 5.54. The van der Waals surface area contributed by atoms with Gasteiger partial charge < -0.3 is 13.7 Å². The summed E-state index contributed by atoms with van der Waals surface area (Å²) in [6.45, 7) is 2.39. The Balaban J connectivity index is 1.66. The maximum Gasteiger partial charge on any atom is 0.133 e. The second kappa shape index (κ2) is 10.6. The fourth-order valence-electron chi connectivity index (χ4n) is 5.47. The van der Waals surface area contributed by atoms with E-state index in [0.717, 1.165) is 11.0 Å². The van der Waals surface area contributed by atoms with Crippen LogP contribution in [0.1, 0.15) is 19.8 Å². The van der Waals surface area contributed by atoms with Gasteiger partial charge in [0.15, 0.2) is 0 Å². The van der Waals surface area contributed by atoms with Gasteiger partial charge in [-0.25, -0.2) is 0 Å². The summed E-state index contributed by atoms with van der Waals surface area (Å²) in [5.41, 5.74) is 3.17. The van der Waals surface area contributed by atoms with E-state index in [9.17, 15) is 0 Å². The maximum atomic E-state index is 6.12. The van der Waals surface area contributed by atoms with Crippen LogP contribution in [0, 0.1) is 5.92 Å². The molecule has 0 radical (unpaired) electrons. The molecule has 0 bridgehead atoms. The van der Waals surface area contributed by atoms with Crippen LogP contribution in [0.5, 0.6) is 0 Å². The monoisotopic (exact) mass is 489 g/mol. The van der Waals surface area contributed by atoms with Crippen molar-refractivity contribution in [3.63, 3.8) is 0 Å². The summed E-state index contributed by atoms with van der Waals surface area (Å²) < 4.78 is 12.2. The van der Waals surface area contributed by atoms with Crippen molar-refractivity contribution >= 4 is 37.5 Å². The SMILES string of the molecule is C[C@@H](C1CCC(P(c2ccccc2)c2ccccc2)C1P(c1ccco1)c1ccco1)N(C)C. The molecule has 3 nitrogen and oxygen atoms in total. The molecule has 1 aliphatic carbocycles. The first-order valence-corrected chi connectivity index (χ1v) is 14.9. The molecule has 2 aromatic carbocycles. The van der Waals surface area contributed by atoms with Crippen LogP contribution in [-0.4, -0.2) is 36.4 Å². The molecule has 34 heavy (non-hydrogen) atoms. The zero-order valence-electron chi connectivity index (χ0n) is 20.1. The Labute approximate surface area is 205 Å². The Morgan fingerprint density at radius 2 is 1.24 bits per heavy atom. The molecule has 5 rings (SSSR count). The second-order valence-corrected chi connectivity index (χ2v) is 14.0. The zero-order chi connectivity index (χ0) is 23.5. The zero-order valence-corrected chi connectivity index (χ0v) is 21.9. The van der Waals surface area contributed by atoms with E-state index in [2.05, 4.69) is 98.7 Å². The van der Waals surface area contributed by atoms with Gasteiger partial charge in [-0.05, 0) is 88.2 Å². The quantitative estimate of drug-likeness (QED) is 0.305. The molecule has 2 aromatic heterocycles. The van der Waals surface area contributed by atoms with Gasteiger partial charge in [0.05, 0.1) is 12.5 Å². The minimum Gasteiger partial charge on any atom is -0.464 e. The smallest absolute Gasteiger partial charge is 0.133 e. The third-order valence-corrected chi connectivity index (χ3v) is 13.2. The van der Waals surface area contributed by atoms with Crippen molar-refractivity contribution < 1.29 is 8.83 Å². The van der Waals surface area contributed by atoms with Crippen LogP contribution in [0.4, 0.5) is 0 Å². The summed E-state index contributed by atoms with van der Waals surface area (Å²) in [5, 5.41) is 2.93.